The highest BCUT2D eigenvalue weighted by atomic mass is 32.1. The number of benzene rings is 1. The molecule has 0 aliphatic carbocycles. The third kappa shape index (κ3) is 3.73. The number of rotatable bonds is 3. The number of Topliss-reactive ketones (excluding diaryl/α,β-unsaturated/α-hetero) is 1. The van der Waals surface area contributed by atoms with E-state index >= 15 is 0 Å². The topological polar surface area (TPSA) is 73.3 Å². The number of carbonyl (C=O) groups excluding carboxylic acids is 1. The molecule has 0 spiro atoms. The van der Waals surface area contributed by atoms with Gasteiger partial charge in [0.2, 0.25) is 6.79 Å². The molecule has 3 heterocycles. The molecule has 1 aliphatic heterocycles. The minimum absolute atomic E-state index is 0.0208. The first kappa shape index (κ1) is 20.2. The number of carbonyl (C=O) groups is 1. The second-order valence-corrected chi connectivity index (χ2v) is 9.47. The molecule has 0 unspecified atom stereocenters. The van der Waals surface area contributed by atoms with Gasteiger partial charge in [0.15, 0.2) is 17.3 Å². The number of hydrogen-bond donors (Lipinski definition) is 1. The van der Waals surface area contributed by atoms with Gasteiger partial charge in [0, 0.05) is 34.6 Å². The SMILES string of the molecule is Cc1cc(C=c2sc(=CC(=O)C(C)(C)C)[nH]c2=O)c(C)n1-c1ccc2c(c1)OCO2. The Balaban J connectivity index is 1.76. The lowest BCUT2D eigenvalue weighted by Crippen LogP contribution is -2.22. The highest BCUT2D eigenvalue weighted by Gasteiger charge is 2.19. The van der Waals surface area contributed by atoms with E-state index in [1.165, 1.54) is 17.4 Å². The predicted molar refractivity (Wildman–Crippen MR) is 118 cm³/mol. The second kappa shape index (κ2) is 7.32. The molecule has 6 nitrogen and oxygen atoms in total. The molecule has 4 rings (SSSR count). The number of hydrogen-bond acceptors (Lipinski definition) is 5. The van der Waals surface area contributed by atoms with Crippen LogP contribution in [0.2, 0.25) is 0 Å². The van der Waals surface area contributed by atoms with Crippen LogP contribution in [0.25, 0.3) is 17.8 Å². The molecule has 0 saturated heterocycles. The molecule has 0 atom stereocenters. The molecule has 0 bridgehead atoms. The van der Waals surface area contributed by atoms with Crippen molar-refractivity contribution in [2.45, 2.75) is 34.6 Å². The lowest BCUT2D eigenvalue weighted by Gasteiger charge is -2.12. The maximum atomic E-state index is 12.4. The Morgan fingerprint density at radius 3 is 2.63 bits per heavy atom. The lowest BCUT2D eigenvalue weighted by atomic mass is 9.91. The number of aromatic amines is 1. The van der Waals surface area contributed by atoms with E-state index in [4.69, 9.17) is 9.47 Å². The summed E-state index contributed by atoms with van der Waals surface area (Å²) in [6.45, 7) is 9.84. The molecule has 7 heteroatoms. The fourth-order valence-electron chi connectivity index (χ4n) is 3.36. The van der Waals surface area contributed by atoms with E-state index in [2.05, 4.69) is 9.55 Å². The Bertz CT molecular complexity index is 1320. The largest absolute Gasteiger partial charge is 0.454 e. The smallest absolute Gasteiger partial charge is 0.266 e. The van der Waals surface area contributed by atoms with Gasteiger partial charge in [-0.05, 0) is 43.7 Å². The van der Waals surface area contributed by atoms with Gasteiger partial charge in [-0.3, -0.25) is 9.59 Å². The molecule has 30 heavy (non-hydrogen) atoms. The number of nitrogens with zero attached hydrogens (tertiary/aromatic N) is 1. The van der Waals surface area contributed by atoms with Crippen molar-refractivity contribution in [1.29, 1.82) is 0 Å². The average Bonchev–Trinajstić information content (AvgIpc) is 3.33. The molecule has 0 fully saturated rings. The quantitative estimate of drug-likeness (QED) is 0.702. The van der Waals surface area contributed by atoms with Crippen molar-refractivity contribution < 1.29 is 14.3 Å². The summed E-state index contributed by atoms with van der Waals surface area (Å²) in [6.07, 6.45) is 3.38. The summed E-state index contributed by atoms with van der Waals surface area (Å²) < 4.78 is 14.1. The molecule has 1 aliphatic rings. The summed E-state index contributed by atoms with van der Waals surface area (Å²) in [5.41, 5.74) is 3.29. The molecular formula is C23H24N2O4S. The first-order valence-corrected chi connectivity index (χ1v) is 10.5. The zero-order chi connectivity index (χ0) is 21.6. The summed E-state index contributed by atoms with van der Waals surface area (Å²) in [4.78, 5) is 27.5. The van der Waals surface area contributed by atoms with Crippen LogP contribution in [0.1, 0.15) is 37.7 Å². The molecule has 3 aromatic rings. The third-order valence-corrected chi connectivity index (χ3v) is 6.02. The van der Waals surface area contributed by atoms with E-state index in [-0.39, 0.29) is 18.1 Å². The Hall–Kier alpha value is -3.06. The van der Waals surface area contributed by atoms with Crippen LogP contribution >= 0.6 is 11.3 Å². The van der Waals surface area contributed by atoms with E-state index in [1.807, 2.05) is 65.0 Å². The molecule has 0 amide bonds. The van der Waals surface area contributed by atoms with Gasteiger partial charge >= 0.3 is 0 Å². The molecule has 1 aromatic carbocycles. The van der Waals surface area contributed by atoms with Crippen LogP contribution in [0.4, 0.5) is 0 Å². The zero-order valence-corrected chi connectivity index (χ0v) is 18.5. The molecule has 0 saturated carbocycles. The minimum Gasteiger partial charge on any atom is -0.454 e. The Kier molecular flexibility index (Phi) is 4.94. The third-order valence-electron chi connectivity index (χ3n) is 5.05. The van der Waals surface area contributed by atoms with Gasteiger partial charge in [0.05, 0.1) is 9.20 Å². The summed E-state index contributed by atoms with van der Waals surface area (Å²) in [6, 6.07) is 7.89. The van der Waals surface area contributed by atoms with Gasteiger partial charge in [-0.1, -0.05) is 20.8 Å². The lowest BCUT2D eigenvalue weighted by molar-refractivity contribution is -0.119. The van der Waals surface area contributed by atoms with Crippen LogP contribution in [0.3, 0.4) is 0 Å². The highest BCUT2D eigenvalue weighted by Crippen LogP contribution is 2.34. The van der Waals surface area contributed by atoms with E-state index < -0.39 is 5.41 Å². The van der Waals surface area contributed by atoms with Crippen LogP contribution in [0.5, 0.6) is 11.5 Å². The number of ketones is 1. The van der Waals surface area contributed by atoms with Crippen molar-refractivity contribution in [3.63, 3.8) is 0 Å². The van der Waals surface area contributed by atoms with Gasteiger partial charge in [0.1, 0.15) is 0 Å². The second-order valence-electron chi connectivity index (χ2n) is 8.39. The maximum Gasteiger partial charge on any atom is 0.266 e. The number of aromatic nitrogens is 2. The number of nitrogens with one attached hydrogen (secondary N) is 1. The number of aryl methyl sites for hydroxylation is 1. The van der Waals surface area contributed by atoms with Crippen LogP contribution in [0, 0.1) is 19.3 Å². The standard InChI is InChI=1S/C23H24N2O4S/c1-13-8-15(9-19-22(27)24-21(30-19)11-20(26)23(3,4)5)14(2)25(13)16-6-7-17-18(10-16)29-12-28-17/h6-11H,12H2,1-5H3,(H,24,27). The van der Waals surface area contributed by atoms with Crippen LogP contribution < -0.4 is 24.2 Å². The van der Waals surface area contributed by atoms with Crippen LogP contribution in [-0.2, 0) is 4.79 Å². The van der Waals surface area contributed by atoms with E-state index in [1.54, 1.807) is 0 Å². The van der Waals surface area contributed by atoms with Crippen molar-refractivity contribution in [2.75, 3.05) is 6.79 Å². The summed E-state index contributed by atoms with van der Waals surface area (Å²) in [7, 11) is 0. The fourth-order valence-corrected chi connectivity index (χ4v) is 4.23. The molecular weight excluding hydrogens is 400 g/mol. The first-order valence-electron chi connectivity index (χ1n) is 9.69. The van der Waals surface area contributed by atoms with E-state index in [0.717, 1.165) is 34.1 Å². The fraction of sp³-hybridized carbons (Fsp3) is 0.304. The van der Waals surface area contributed by atoms with E-state index in [9.17, 15) is 9.59 Å². The Labute approximate surface area is 178 Å². The number of fused-ring (bicyclic) bond motifs is 1. The van der Waals surface area contributed by atoms with Crippen molar-refractivity contribution in [3.05, 3.63) is 60.8 Å². The Morgan fingerprint density at radius 2 is 1.90 bits per heavy atom. The van der Waals surface area contributed by atoms with Gasteiger partial charge in [-0.15, -0.1) is 11.3 Å². The molecule has 2 aromatic heterocycles. The molecule has 1 N–H and O–H groups in total. The Morgan fingerprint density at radius 1 is 1.17 bits per heavy atom. The van der Waals surface area contributed by atoms with Gasteiger partial charge in [-0.2, -0.15) is 0 Å². The van der Waals surface area contributed by atoms with Gasteiger partial charge < -0.3 is 19.0 Å². The van der Waals surface area contributed by atoms with Gasteiger partial charge in [0.25, 0.3) is 5.56 Å². The van der Waals surface area contributed by atoms with Crippen molar-refractivity contribution in [2.24, 2.45) is 5.41 Å². The van der Waals surface area contributed by atoms with Crippen molar-refractivity contribution in [3.8, 4) is 17.2 Å². The number of ether oxygens (including phenoxy) is 2. The first-order chi connectivity index (χ1) is 14.1. The average molecular weight is 425 g/mol. The summed E-state index contributed by atoms with van der Waals surface area (Å²) >= 11 is 1.29. The number of H-pyrrole nitrogens is 1. The molecule has 156 valence electrons. The summed E-state index contributed by atoms with van der Waals surface area (Å²) in [5.74, 6) is 1.45. The predicted octanol–water partition coefficient (Wildman–Crippen LogP) is 2.80. The van der Waals surface area contributed by atoms with Crippen LogP contribution in [-0.4, -0.2) is 22.1 Å². The zero-order valence-electron chi connectivity index (χ0n) is 17.7. The minimum atomic E-state index is -0.486. The highest BCUT2D eigenvalue weighted by molar-refractivity contribution is 7.07. The van der Waals surface area contributed by atoms with Crippen LogP contribution in [0.15, 0.2) is 29.1 Å². The molecule has 0 radical (unpaired) electrons. The normalized spacial score (nSPS) is 14.6. The van der Waals surface area contributed by atoms with Crippen molar-refractivity contribution in [1.82, 2.24) is 9.55 Å². The van der Waals surface area contributed by atoms with E-state index in [0.29, 0.717) is 9.20 Å². The summed E-state index contributed by atoms with van der Waals surface area (Å²) in [5, 5.41) is 0. The van der Waals surface area contributed by atoms with Gasteiger partial charge in [-0.25, -0.2) is 0 Å². The monoisotopic (exact) mass is 424 g/mol. The maximum absolute atomic E-state index is 12.4. The number of thiazole rings is 1. The van der Waals surface area contributed by atoms with Crippen molar-refractivity contribution >= 4 is 29.3 Å².